The number of nitrogens with one attached hydrogen (secondary N) is 2. The van der Waals surface area contributed by atoms with E-state index >= 15 is 0 Å². The van der Waals surface area contributed by atoms with Crippen LogP contribution in [0.2, 0.25) is 0 Å². The first-order valence-corrected chi connectivity index (χ1v) is 10.3. The summed E-state index contributed by atoms with van der Waals surface area (Å²) in [4.78, 5) is 12.5. The fourth-order valence-corrected chi connectivity index (χ4v) is 3.48. The smallest absolute Gasteiger partial charge is 0.256 e. The van der Waals surface area contributed by atoms with Gasteiger partial charge in [0, 0.05) is 0 Å². The van der Waals surface area contributed by atoms with Crippen molar-refractivity contribution < 1.29 is 22.7 Å². The van der Waals surface area contributed by atoms with Crippen LogP contribution in [-0.4, -0.2) is 39.9 Å². The maximum atomic E-state index is 12.5. The third kappa shape index (κ3) is 3.96. The van der Waals surface area contributed by atoms with E-state index in [-0.39, 0.29) is 12.0 Å². The molecule has 4 rings (SSSR count). The van der Waals surface area contributed by atoms with Gasteiger partial charge >= 0.3 is 0 Å². The Bertz CT molecular complexity index is 1040. The quantitative estimate of drug-likeness (QED) is 0.587. The van der Waals surface area contributed by atoms with Gasteiger partial charge in [-0.05, 0) is 29.8 Å². The van der Waals surface area contributed by atoms with Crippen LogP contribution in [0.15, 0.2) is 42.5 Å². The molecule has 7 nitrogen and oxygen atoms in total. The van der Waals surface area contributed by atoms with Crippen molar-refractivity contribution in [3.8, 4) is 5.75 Å². The summed E-state index contributed by atoms with van der Waals surface area (Å²) in [6.45, 7) is 1.10. The molecule has 0 spiro atoms. The zero-order chi connectivity index (χ0) is 19.0. The zero-order valence-corrected chi connectivity index (χ0v) is 15.4. The first-order chi connectivity index (χ1) is 12.9. The highest BCUT2D eigenvalue weighted by Crippen LogP contribution is 2.40. The third-order valence-corrected chi connectivity index (χ3v) is 4.76. The molecule has 2 aliphatic rings. The number of amides is 1. The maximum Gasteiger partial charge on any atom is 0.256 e. The van der Waals surface area contributed by atoms with Gasteiger partial charge in [-0.3, -0.25) is 9.52 Å². The van der Waals surface area contributed by atoms with Crippen LogP contribution in [0.5, 0.6) is 5.75 Å². The van der Waals surface area contributed by atoms with Gasteiger partial charge in [0.2, 0.25) is 10.0 Å². The normalized spacial score (nSPS) is 19.5. The van der Waals surface area contributed by atoms with E-state index in [9.17, 15) is 13.2 Å². The molecule has 2 aliphatic heterocycles. The van der Waals surface area contributed by atoms with Crippen molar-refractivity contribution in [1.82, 2.24) is 0 Å². The first kappa shape index (κ1) is 17.6. The van der Waals surface area contributed by atoms with Crippen molar-refractivity contribution in [3.05, 3.63) is 53.6 Å². The molecule has 140 valence electrons. The monoisotopic (exact) mass is 386 g/mol. The van der Waals surface area contributed by atoms with E-state index < -0.39 is 10.0 Å². The molecule has 1 atom stereocenters. The van der Waals surface area contributed by atoms with Gasteiger partial charge in [-0.15, -0.1) is 0 Å². The molecule has 27 heavy (non-hydrogen) atoms. The minimum Gasteiger partial charge on any atom is -0.490 e. The molecule has 2 aromatic rings. The van der Waals surface area contributed by atoms with Crippen molar-refractivity contribution in [2.75, 3.05) is 29.5 Å². The molecule has 1 saturated heterocycles. The van der Waals surface area contributed by atoms with E-state index in [4.69, 9.17) is 9.47 Å². The number of fused-ring (bicyclic) bond motifs is 1. The van der Waals surface area contributed by atoms with Crippen LogP contribution in [0, 0.1) is 0 Å². The minimum atomic E-state index is -3.45. The van der Waals surface area contributed by atoms with Crippen molar-refractivity contribution in [3.63, 3.8) is 0 Å². The lowest BCUT2D eigenvalue weighted by Gasteiger charge is -2.11. The Kier molecular flexibility index (Phi) is 4.37. The van der Waals surface area contributed by atoms with Crippen molar-refractivity contribution in [1.29, 1.82) is 0 Å². The summed E-state index contributed by atoms with van der Waals surface area (Å²) in [5, 5.41) is 2.82. The number of hydrogen-bond donors (Lipinski definition) is 2. The molecule has 8 heteroatoms. The second-order valence-corrected chi connectivity index (χ2v) is 8.17. The van der Waals surface area contributed by atoms with Gasteiger partial charge in [-0.1, -0.05) is 24.3 Å². The SMILES string of the molecule is CS(=O)(=O)Nc1ccccc1/C=C1/C(=O)Nc2cccc(OCC3CO3)c21. The van der Waals surface area contributed by atoms with Gasteiger partial charge in [-0.25, -0.2) is 8.42 Å². The van der Waals surface area contributed by atoms with E-state index in [1.54, 1.807) is 42.5 Å². The predicted molar refractivity (Wildman–Crippen MR) is 103 cm³/mol. The molecule has 2 heterocycles. The number of carbonyl (C=O) groups is 1. The lowest BCUT2D eigenvalue weighted by Crippen LogP contribution is -2.10. The largest absolute Gasteiger partial charge is 0.490 e. The molecular formula is C19H18N2O5S. The second kappa shape index (κ2) is 6.71. The lowest BCUT2D eigenvalue weighted by atomic mass is 10.0. The summed E-state index contributed by atoms with van der Waals surface area (Å²) in [6.07, 6.45) is 2.84. The van der Waals surface area contributed by atoms with Crippen LogP contribution >= 0.6 is 0 Å². The Balaban J connectivity index is 1.74. The Morgan fingerprint density at radius 2 is 2.04 bits per heavy atom. The third-order valence-electron chi connectivity index (χ3n) is 4.17. The van der Waals surface area contributed by atoms with Crippen molar-refractivity contribution in [2.45, 2.75) is 6.10 Å². The number of sulfonamides is 1. The van der Waals surface area contributed by atoms with Crippen LogP contribution in [0.3, 0.4) is 0 Å². The lowest BCUT2D eigenvalue weighted by molar-refractivity contribution is -0.110. The molecule has 0 radical (unpaired) electrons. The Hall–Kier alpha value is -2.84. The fraction of sp³-hybridized carbons (Fsp3) is 0.211. The molecule has 0 aliphatic carbocycles. The zero-order valence-electron chi connectivity index (χ0n) is 14.6. The average Bonchev–Trinajstić information content (AvgIpc) is 3.37. The Morgan fingerprint density at radius 3 is 2.78 bits per heavy atom. The summed E-state index contributed by atoms with van der Waals surface area (Å²) >= 11 is 0. The van der Waals surface area contributed by atoms with E-state index in [1.165, 1.54) is 0 Å². The van der Waals surface area contributed by atoms with Gasteiger partial charge < -0.3 is 14.8 Å². The Labute approximate surface area is 157 Å². The number of hydrogen-bond acceptors (Lipinski definition) is 5. The van der Waals surface area contributed by atoms with E-state index in [0.717, 1.165) is 6.26 Å². The number of carbonyl (C=O) groups excluding carboxylic acids is 1. The topological polar surface area (TPSA) is 97.0 Å². The highest BCUT2D eigenvalue weighted by molar-refractivity contribution is 7.92. The maximum absolute atomic E-state index is 12.5. The van der Waals surface area contributed by atoms with E-state index in [0.29, 0.717) is 47.0 Å². The van der Waals surface area contributed by atoms with Crippen molar-refractivity contribution in [2.24, 2.45) is 0 Å². The number of anilines is 2. The van der Waals surface area contributed by atoms with Crippen LogP contribution in [0.4, 0.5) is 11.4 Å². The molecule has 0 saturated carbocycles. The minimum absolute atomic E-state index is 0.0954. The van der Waals surface area contributed by atoms with Crippen molar-refractivity contribution >= 4 is 39.0 Å². The van der Waals surface area contributed by atoms with Gasteiger partial charge in [0.1, 0.15) is 18.5 Å². The molecule has 0 bridgehead atoms. The van der Waals surface area contributed by atoms with E-state index in [1.807, 2.05) is 6.07 Å². The highest BCUT2D eigenvalue weighted by atomic mass is 32.2. The molecule has 1 fully saturated rings. The van der Waals surface area contributed by atoms with Crippen LogP contribution in [0.1, 0.15) is 11.1 Å². The number of epoxide rings is 1. The van der Waals surface area contributed by atoms with Gasteiger partial charge in [0.15, 0.2) is 0 Å². The number of benzene rings is 2. The summed E-state index contributed by atoms with van der Waals surface area (Å²) in [7, 11) is -3.45. The molecule has 1 unspecified atom stereocenters. The second-order valence-electron chi connectivity index (χ2n) is 6.42. The molecule has 2 N–H and O–H groups in total. The standard InChI is InChI=1S/C19H18N2O5S/c1-27(23,24)21-15-6-3-2-5-12(15)9-14-18-16(20-19(14)22)7-4-8-17(18)26-11-13-10-25-13/h2-9,13,21H,10-11H2,1H3,(H,20,22)/b14-9+. The summed E-state index contributed by atoms with van der Waals surface area (Å²) in [5.41, 5.74) is 2.73. The number of para-hydroxylation sites is 1. The summed E-state index contributed by atoms with van der Waals surface area (Å²) in [5.74, 6) is 0.319. The van der Waals surface area contributed by atoms with Crippen LogP contribution in [0.25, 0.3) is 11.6 Å². The van der Waals surface area contributed by atoms with Gasteiger partial charge in [0.05, 0.1) is 35.4 Å². The van der Waals surface area contributed by atoms with E-state index in [2.05, 4.69) is 10.0 Å². The molecule has 2 aromatic carbocycles. The Morgan fingerprint density at radius 1 is 1.26 bits per heavy atom. The molecule has 1 amide bonds. The molecular weight excluding hydrogens is 368 g/mol. The molecule has 0 aromatic heterocycles. The number of rotatable bonds is 6. The predicted octanol–water partition coefficient (Wildman–Crippen LogP) is 2.33. The van der Waals surface area contributed by atoms with Crippen LogP contribution in [-0.2, 0) is 19.6 Å². The number of ether oxygens (including phenoxy) is 2. The average molecular weight is 386 g/mol. The van der Waals surface area contributed by atoms with Gasteiger partial charge in [0.25, 0.3) is 5.91 Å². The first-order valence-electron chi connectivity index (χ1n) is 8.38. The fourth-order valence-electron chi connectivity index (χ4n) is 2.89. The van der Waals surface area contributed by atoms with Crippen LogP contribution < -0.4 is 14.8 Å². The summed E-state index contributed by atoms with van der Waals surface area (Å²) < 4.78 is 36.7. The van der Waals surface area contributed by atoms with Gasteiger partial charge in [-0.2, -0.15) is 0 Å². The summed E-state index contributed by atoms with van der Waals surface area (Å²) in [6, 6.07) is 12.3. The highest BCUT2D eigenvalue weighted by Gasteiger charge is 2.29.